The van der Waals surface area contributed by atoms with E-state index in [2.05, 4.69) is 36.1 Å². The van der Waals surface area contributed by atoms with Crippen molar-refractivity contribution in [3.63, 3.8) is 0 Å². The summed E-state index contributed by atoms with van der Waals surface area (Å²) in [7, 11) is 1.42. The van der Waals surface area contributed by atoms with Crippen LogP contribution in [0.15, 0.2) is 41.3 Å². The number of benzene rings is 1. The second-order valence-electron chi connectivity index (χ2n) is 6.77. The number of methoxy groups -OCH3 is 1. The first-order chi connectivity index (χ1) is 15.7. The number of halogens is 4. The van der Waals surface area contributed by atoms with Crippen molar-refractivity contribution in [3.05, 3.63) is 58.0 Å². The predicted molar refractivity (Wildman–Crippen MR) is 113 cm³/mol. The van der Waals surface area contributed by atoms with E-state index in [0.29, 0.717) is 21.2 Å². The summed E-state index contributed by atoms with van der Waals surface area (Å²) in [5, 5.41) is 8.49. The van der Waals surface area contributed by atoms with Gasteiger partial charge in [-0.3, -0.25) is 4.68 Å². The lowest BCUT2D eigenvalue weighted by Gasteiger charge is -2.10. The third-order valence-electron chi connectivity index (χ3n) is 4.61. The lowest BCUT2D eigenvalue weighted by molar-refractivity contribution is -0.137. The van der Waals surface area contributed by atoms with Crippen molar-refractivity contribution in [2.24, 2.45) is 0 Å². The maximum atomic E-state index is 12.8. The van der Waals surface area contributed by atoms with E-state index in [0.717, 1.165) is 12.1 Å². The molecular formula is C20H16BrF3N6O3. The zero-order valence-corrected chi connectivity index (χ0v) is 18.9. The summed E-state index contributed by atoms with van der Waals surface area (Å²) in [4.78, 5) is 20.7. The third kappa shape index (κ3) is 4.53. The molecule has 0 aliphatic heterocycles. The maximum Gasteiger partial charge on any atom is 0.416 e. The summed E-state index contributed by atoms with van der Waals surface area (Å²) in [6, 6.07) is 4.79. The SMILES string of the molecule is CCOC(=O)c1cnn(-c2nc(OC)c3c(n2)c(Br)nn3Cc2ccc(C(F)(F)F)cc2)c1. The number of carbonyl (C=O) groups is 1. The molecule has 172 valence electrons. The second kappa shape index (κ2) is 8.81. The molecule has 0 bridgehead atoms. The molecule has 0 saturated heterocycles. The molecule has 0 radical (unpaired) electrons. The minimum Gasteiger partial charge on any atom is -0.479 e. The smallest absolute Gasteiger partial charge is 0.416 e. The zero-order valence-electron chi connectivity index (χ0n) is 17.3. The van der Waals surface area contributed by atoms with E-state index in [9.17, 15) is 18.0 Å². The fourth-order valence-corrected chi connectivity index (χ4v) is 3.55. The van der Waals surface area contributed by atoms with Gasteiger partial charge >= 0.3 is 12.1 Å². The summed E-state index contributed by atoms with van der Waals surface area (Å²) in [6.07, 6.45) is -1.65. The molecule has 9 nitrogen and oxygen atoms in total. The van der Waals surface area contributed by atoms with Crippen LogP contribution in [-0.4, -0.2) is 49.2 Å². The molecular weight excluding hydrogens is 509 g/mol. The Morgan fingerprint density at radius 3 is 2.55 bits per heavy atom. The van der Waals surface area contributed by atoms with E-state index in [-0.39, 0.29) is 30.5 Å². The fourth-order valence-electron chi connectivity index (χ4n) is 3.09. The second-order valence-corrected chi connectivity index (χ2v) is 7.52. The molecule has 4 rings (SSSR count). The van der Waals surface area contributed by atoms with Gasteiger partial charge in [0.2, 0.25) is 5.88 Å². The number of fused-ring (bicyclic) bond motifs is 1. The van der Waals surface area contributed by atoms with Crippen LogP contribution in [0.1, 0.15) is 28.4 Å². The van der Waals surface area contributed by atoms with Gasteiger partial charge in [-0.1, -0.05) is 12.1 Å². The number of hydrogen-bond donors (Lipinski definition) is 0. The minimum absolute atomic E-state index is 0.129. The first-order valence-electron chi connectivity index (χ1n) is 9.57. The Kier molecular flexibility index (Phi) is 6.06. The van der Waals surface area contributed by atoms with Crippen LogP contribution in [0.5, 0.6) is 5.88 Å². The van der Waals surface area contributed by atoms with Crippen LogP contribution in [0.2, 0.25) is 0 Å². The van der Waals surface area contributed by atoms with Crippen molar-refractivity contribution in [2.45, 2.75) is 19.6 Å². The molecule has 0 spiro atoms. The van der Waals surface area contributed by atoms with Crippen LogP contribution >= 0.6 is 15.9 Å². The van der Waals surface area contributed by atoms with E-state index in [4.69, 9.17) is 9.47 Å². The van der Waals surface area contributed by atoms with Gasteiger partial charge in [0.15, 0.2) is 10.1 Å². The first-order valence-corrected chi connectivity index (χ1v) is 10.4. The predicted octanol–water partition coefficient (Wildman–Crippen LogP) is 4.03. The number of aromatic nitrogens is 6. The molecule has 0 aliphatic carbocycles. The van der Waals surface area contributed by atoms with Gasteiger partial charge in [-0.15, -0.1) is 0 Å². The summed E-state index contributed by atoms with van der Waals surface area (Å²) in [6.45, 7) is 2.09. The summed E-state index contributed by atoms with van der Waals surface area (Å²) >= 11 is 3.36. The maximum absolute atomic E-state index is 12.8. The molecule has 0 saturated carbocycles. The van der Waals surface area contributed by atoms with Crippen LogP contribution in [-0.2, 0) is 17.5 Å². The Morgan fingerprint density at radius 2 is 1.91 bits per heavy atom. The molecule has 3 aromatic heterocycles. The zero-order chi connectivity index (χ0) is 23.8. The molecule has 1 aromatic carbocycles. The first kappa shape index (κ1) is 22.7. The highest BCUT2D eigenvalue weighted by molar-refractivity contribution is 9.10. The van der Waals surface area contributed by atoms with Crippen molar-refractivity contribution in [1.82, 2.24) is 29.5 Å². The van der Waals surface area contributed by atoms with Gasteiger partial charge in [-0.2, -0.15) is 28.4 Å². The van der Waals surface area contributed by atoms with Crippen molar-refractivity contribution in [1.29, 1.82) is 0 Å². The monoisotopic (exact) mass is 524 g/mol. The van der Waals surface area contributed by atoms with Gasteiger partial charge in [0.25, 0.3) is 5.95 Å². The van der Waals surface area contributed by atoms with Crippen LogP contribution < -0.4 is 4.74 Å². The summed E-state index contributed by atoms with van der Waals surface area (Å²) in [5.74, 6) is -0.222. The van der Waals surface area contributed by atoms with E-state index >= 15 is 0 Å². The van der Waals surface area contributed by atoms with Gasteiger partial charge < -0.3 is 9.47 Å². The lowest BCUT2D eigenvalue weighted by Crippen LogP contribution is -2.08. The summed E-state index contributed by atoms with van der Waals surface area (Å²) < 4.78 is 52.1. The standard InChI is InChI=1S/C20H16BrF3N6O3/c1-3-33-18(31)12-8-25-30(10-12)19-26-14-15(17(27-19)32-2)29(28-16(14)21)9-11-4-6-13(7-5-11)20(22,23)24/h4-8,10H,3,9H2,1-2H3. The van der Waals surface area contributed by atoms with E-state index < -0.39 is 17.7 Å². The Balaban J connectivity index is 1.71. The quantitative estimate of drug-likeness (QED) is 0.351. The van der Waals surface area contributed by atoms with Gasteiger partial charge in [0.1, 0.15) is 5.52 Å². The van der Waals surface area contributed by atoms with Crippen molar-refractivity contribution in [3.8, 4) is 11.8 Å². The van der Waals surface area contributed by atoms with Crippen LogP contribution in [0.3, 0.4) is 0 Å². The Labute approximate surface area is 193 Å². The third-order valence-corrected chi connectivity index (χ3v) is 5.14. The fraction of sp³-hybridized carbons (Fsp3) is 0.250. The molecule has 0 unspecified atom stereocenters. The molecule has 0 N–H and O–H groups in total. The number of hydrogen-bond acceptors (Lipinski definition) is 7. The number of alkyl halides is 3. The number of ether oxygens (including phenoxy) is 2. The lowest BCUT2D eigenvalue weighted by atomic mass is 10.1. The van der Waals surface area contributed by atoms with E-state index in [1.54, 1.807) is 6.92 Å². The molecule has 33 heavy (non-hydrogen) atoms. The normalized spacial score (nSPS) is 11.7. The topological polar surface area (TPSA) is 96.9 Å². The van der Waals surface area contributed by atoms with Gasteiger partial charge in [0, 0.05) is 6.20 Å². The largest absolute Gasteiger partial charge is 0.479 e. The molecule has 0 atom stereocenters. The number of carbonyl (C=O) groups excluding carboxylic acids is 1. The van der Waals surface area contributed by atoms with Crippen molar-refractivity contribution < 1.29 is 27.4 Å². The molecule has 0 fully saturated rings. The highest BCUT2D eigenvalue weighted by atomic mass is 79.9. The Morgan fingerprint density at radius 1 is 1.18 bits per heavy atom. The van der Waals surface area contributed by atoms with Crippen molar-refractivity contribution >= 4 is 32.9 Å². The molecule has 4 aromatic rings. The summed E-state index contributed by atoms with van der Waals surface area (Å²) in [5.41, 5.74) is 0.932. The number of esters is 1. The van der Waals surface area contributed by atoms with E-state index in [1.807, 2.05) is 0 Å². The molecule has 0 amide bonds. The average Bonchev–Trinajstić information content (AvgIpc) is 3.39. The highest BCUT2D eigenvalue weighted by Crippen LogP contribution is 2.31. The Bertz CT molecular complexity index is 1320. The Hall–Kier alpha value is -3.48. The minimum atomic E-state index is -4.41. The average molecular weight is 525 g/mol. The van der Waals surface area contributed by atoms with Gasteiger partial charge in [-0.05, 0) is 40.5 Å². The molecule has 0 aliphatic rings. The van der Waals surface area contributed by atoms with Crippen LogP contribution in [0.25, 0.3) is 17.0 Å². The van der Waals surface area contributed by atoms with Gasteiger partial charge in [0.05, 0.1) is 37.6 Å². The highest BCUT2D eigenvalue weighted by Gasteiger charge is 2.30. The number of rotatable bonds is 6. The van der Waals surface area contributed by atoms with E-state index in [1.165, 1.54) is 41.0 Å². The van der Waals surface area contributed by atoms with Crippen LogP contribution in [0.4, 0.5) is 13.2 Å². The van der Waals surface area contributed by atoms with Crippen molar-refractivity contribution in [2.75, 3.05) is 13.7 Å². The molecule has 3 heterocycles. The number of nitrogens with zero attached hydrogens (tertiary/aromatic N) is 6. The molecule has 13 heteroatoms. The van der Waals surface area contributed by atoms with Gasteiger partial charge in [-0.25, -0.2) is 14.5 Å². The van der Waals surface area contributed by atoms with Crippen LogP contribution in [0, 0.1) is 0 Å².